The number of H-pyrrole nitrogens is 1. The lowest BCUT2D eigenvalue weighted by molar-refractivity contribution is -0.116. The standard InChI is InChI=1S/C21H28N4O3/c1-14(2)16-5-4-6-17(13-16)23-19(26)8-7-18-15(3)22-21(24-20(18)27)25-9-11-28-12-10-25/h4-6,13-14H,7-12H2,1-3H3,(H,23,26)(H,22,24,27). The van der Waals surface area contributed by atoms with Gasteiger partial charge in [0.15, 0.2) is 0 Å². The molecule has 0 atom stereocenters. The van der Waals surface area contributed by atoms with Gasteiger partial charge in [0.1, 0.15) is 0 Å². The maximum Gasteiger partial charge on any atom is 0.255 e. The Kier molecular flexibility index (Phi) is 6.46. The summed E-state index contributed by atoms with van der Waals surface area (Å²) < 4.78 is 5.33. The molecular weight excluding hydrogens is 356 g/mol. The summed E-state index contributed by atoms with van der Waals surface area (Å²) in [6, 6.07) is 7.85. The van der Waals surface area contributed by atoms with Gasteiger partial charge in [-0.05, 0) is 37.0 Å². The van der Waals surface area contributed by atoms with E-state index in [0.717, 1.165) is 5.69 Å². The minimum absolute atomic E-state index is 0.114. The third kappa shape index (κ3) is 4.98. The average molecular weight is 384 g/mol. The summed E-state index contributed by atoms with van der Waals surface area (Å²) in [4.78, 5) is 34.2. The number of aryl methyl sites for hydroxylation is 1. The lowest BCUT2D eigenvalue weighted by atomic mass is 10.0. The van der Waals surface area contributed by atoms with Crippen LogP contribution in [0.25, 0.3) is 0 Å². The normalized spacial score (nSPS) is 14.4. The number of carbonyl (C=O) groups is 1. The topological polar surface area (TPSA) is 87.3 Å². The lowest BCUT2D eigenvalue weighted by Gasteiger charge is -2.27. The number of rotatable bonds is 6. The fourth-order valence-electron chi connectivity index (χ4n) is 3.25. The first-order valence-electron chi connectivity index (χ1n) is 9.76. The first-order valence-corrected chi connectivity index (χ1v) is 9.76. The van der Waals surface area contributed by atoms with Crippen LogP contribution < -0.4 is 15.8 Å². The number of ether oxygens (including phenoxy) is 1. The number of nitrogens with one attached hydrogen (secondary N) is 2. The molecule has 1 aliphatic heterocycles. The number of hydrogen-bond acceptors (Lipinski definition) is 5. The van der Waals surface area contributed by atoms with E-state index in [1.54, 1.807) is 0 Å². The molecule has 0 saturated carbocycles. The number of aromatic amines is 1. The molecule has 150 valence electrons. The molecule has 0 spiro atoms. The third-order valence-electron chi connectivity index (χ3n) is 4.96. The Bertz CT molecular complexity index is 885. The molecule has 0 bridgehead atoms. The zero-order valence-corrected chi connectivity index (χ0v) is 16.7. The van der Waals surface area contributed by atoms with Gasteiger partial charge >= 0.3 is 0 Å². The Balaban J connectivity index is 1.63. The Hall–Kier alpha value is -2.67. The number of carbonyl (C=O) groups excluding carboxylic acids is 1. The van der Waals surface area contributed by atoms with Crippen molar-refractivity contribution in [3.63, 3.8) is 0 Å². The SMILES string of the molecule is Cc1nc(N2CCOCC2)[nH]c(=O)c1CCC(=O)Nc1cccc(C(C)C)c1. The zero-order chi connectivity index (χ0) is 20.1. The molecule has 2 aromatic rings. The van der Waals surface area contributed by atoms with E-state index in [4.69, 9.17) is 4.74 Å². The van der Waals surface area contributed by atoms with Crippen LogP contribution in [0.1, 0.15) is 43.0 Å². The van der Waals surface area contributed by atoms with Crippen molar-refractivity contribution in [2.75, 3.05) is 36.5 Å². The molecule has 28 heavy (non-hydrogen) atoms. The first kappa shape index (κ1) is 20.1. The van der Waals surface area contributed by atoms with E-state index in [0.29, 0.717) is 55.8 Å². The molecule has 2 N–H and O–H groups in total. The van der Waals surface area contributed by atoms with E-state index in [1.807, 2.05) is 36.1 Å². The molecule has 7 heteroatoms. The van der Waals surface area contributed by atoms with Crippen molar-refractivity contribution in [3.8, 4) is 0 Å². The second-order valence-corrected chi connectivity index (χ2v) is 7.38. The van der Waals surface area contributed by atoms with Crippen LogP contribution in [0.5, 0.6) is 0 Å². The van der Waals surface area contributed by atoms with Crippen LogP contribution >= 0.6 is 0 Å². The molecule has 2 heterocycles. The summed E-state index contributed by atoms with van der Waals surface area (Å²) in [5.74, 6) is 0.857. The fourth-order valence-corrected chi connectivity index (χ4v) is 3.25. The smallest absolute Gasteiger partial charge is 0.255 e. The number of aromatic nitrogens is 2. The van der Waals surface area contributed by atoms with Gasteiger partial charge in [-0.1, -0.05) is 26.0 Å². The molecule has 1 saturated heterocycles. The highest BCUT2D eigenvalue weighted by atomic mass is 16.5. The highest BCUT2D eigenvalue weighted by molar-refractivity contribution is 5.90. The van der Waals surface area contributed by atoms with Crippen molar-refractivity contribution in [2.24, 2.45) is 0 Å². The van der Waals surface area contributed by atoms with Crippen molar-refractivity contribution < 1.29 is 9.53 Å². The molecule has 7 nitrogen and oxygen atoms in total. The Morgan fingerprint density at radius 2 is 2.07 bits per heavy atom. The summed E-state index contributed by atoms with van der Waals surface area (Å²) in [5, 5.41) is 2.92. The van der Waals surface area contributed by atoms with Crippen LogP contribution in [-0.4, -0.2) is 42.2 Å². The van der Waals surface area contributed by atoms with E-state index in [2.05, 4.69) is 29.1 Å². The number of anilines is 2. The minimum Gasteiger partial charge on any atom is -0.378 e. The third-order valence-corrected chi connectivity index (χ3v) is 4.96. The number of benzene rings is 1. The van der Waals surface area contributed by atoms with Crippen LogP contribution in [0, 0.1) is 6.92 Å². The van der Waals surface area contributed by atoms with Crippen molar-refractivity contribution in [3.05, 3.63) is 51.4 Å². The van der Waals surface area contributed by atoms with Gasteiger partial charge in [0.2, 0.25) is 11.9 Å². The van der Waals surface area contributed by atoms with Crippen molar-refractivity contribution in [2.45, 2.75) is 39.5 Å². The van der Waals surface area contributed by atoms with E-state index in [9.17, 15) is 9.59 Å². The van der Waals surface area contributed by atoms with Crippen LogP contribution in [0.3, 0.4) is 0 Å². The molecule has 0 aliphatic carbocycles. The second-order valence-electron chi connectivity index (χ2n) is 7.38. The minimum atomic E-state index is -0.177. The van der Waals surface area contributed by atoms with Gasteiger partial charge in [-0.25, -0.2) is 4.98 Å². The molecule has 0 radical (unpaired) electrons. The number of nitrogens with zero attached hydrogens (tertiary/aromatic N) is 2. The van der Waals surface area contributed by atoms with Gasteiger partial charge < -0.3 is 15.0 Å². The van der Waals surface area contributed by atoms with Crippen LogP contribution in [-0.2, 0) is 16.0 Å². The number of amides is 1. The highest BCUT2D eigenvalue weighted by Gasteiger charge is 2.17. The fraction of sp³-hybridized carbons (Fsp3) is 0.476. The van der Waals surface area contributed by atoms with Crippen molar-refractivity contribution in [1.29, 1.82) is 0 Å². The molecule has 1 aromatic heterocycles. The monoisotopic (exact) mass is 384 g/mol. The number of hydrogen-bond donors (Lipinski definition) is 2. The summed E-state index contributed by atoms with van der Waals surface area (Å²) in [6.07, 6.45) is 0.585. The molecule has 1 aromatic carbocycles. The Morgan fingerprint density at radius 3 is 2.75 bits per heavy atom. The van der Waals surface area contributed by atoms with Crippen molar-refractivity contribution in [1.82, 2.24) is 9.97 Å². The van der Waals surface area contributed by atoms with Crippen LogP contribution in [0.2, 0.25) is 0 Å². The second kappa shape index (κ2) is 9.01. The summed E-state index contributed by atoms with van der Waals surface area (Å²) in [7, 11) is 0. The zero-order valence-electron chi connectivity index (χ0n) is 16.7. The van der Waals surface area contributed by atoms with Gasteiger partial charge in [0.25, 0.3) is 5.56 Å². The van der Waals surface area contributed by atoms with Gasteiger partial charge in [0, 0.05) is 36.5 Å². The van der Waals surface area contributed by atoms with Gasteiger partial charge in [0.05, 0.1) is 13.2 Å². The molecule has 0 unspecified atom stereocenters. The number of morpholine rings is 1. The molecule has 3 rings (SSSR count). The molecule has 1 amide bonds. The van der Waals surface area contributed by atoms with Crippen LogP contribution in [0.15, 0.2) is 29.1 Å². The maximum absolute atomic E-state index is 12.5. The quantitative estimate of drug-likeness (QED) is 0.799. The van der Waals surface area contributed by atoms with Gasteiger partial charge in [-0.2, -0.15) is 0 Å². The van der Waals surface area contributed by atoms with E-state index in [-0.39, 0.29) is 17.9 Å². The average Bonchev–Trinajstić information content (AvgIpc) is 2.68. The molecular formula is C21H28N4O3. The Morgan fingerprint density at radius 1 is 1.32 bits per heavy atom. The van der Waals surface area contributed by atoms with Crippen LogP contribution in [0.4, 0.5) is 11.6 Å². The maximum atomic E-state index is 12.5. The van der Waals surface area contributed by atoms with E-state index >= 15 is 0 Å². The summed E-state index contributed by atoms with van der Waals surface area (Å²) in [5.41, 5.74) is 3.00. The highest BCUT2D eigenvalue weighted by Crippen LogP contribution is 2.19. The van der Waals surface area contributed by atoms with Gasteiger partial charge in [-0.15, -0.1) is 0 Å². The largest absolute Gasteiger partial charge is 0.378 e. The van der Waals surface area contributed by atoms with Gasteiger partial charge in [-0.3, -0.25) is 14.6 Å². The molecule has 1 aliphatic rings. The summed E-state index contributed by atoms with van der Waals surface area (Å²) >= 11 is 0. The summed E-state index contributed by atoms with van der Waals surface area (Å²) in [6.45, 7) is 8.72. The van der Waals surface area contributed by atoms with E-state index in [1.165, 1.54) is 5.56 Å². The predicted octanol–water partition coefficient (Wildman–Crippen LogP) is 2.61. The first-order chi connectivity index (χ1) is 13.4. The molecule has 1 fully saturated rings. The van der Waals surface area contributed by atoms with Crippen molar-refractivity contribution >= 4 is 17.5 Å². The lowest BCUT2D eigenvalue weighted by Crippen LogP contribution is -2.38. The Labute approximate surface area is 165 Å². The van der Waals surface area contributed by atoms with E-state index < -0.39 is 0 Å². The predicted molar refractivity (Wildman–Crippen MR) is 110 cm³/mol.